The molecule has 3 N–H and O–H groups in total. The van der Waals surface area contributed by atoms with Gasteiger partial charge in [0.15, 0.2) is 5.03 Å². The molecule has 0 spiro atoms. The minimum atomic E-state index is -3.76. The summed E-state index contributed by atoms with van der Waals surface area (Å²) < 4.78 is 27.5. The summed E-state index contributed by atoms with van der Waals surface area (Å²) in [7, 11) is -3.76. The van der Waals surface area contributed by atoms with Crippen LogP contribution in [0.5, 0.6) is 0 Å². The van der Waals surface area contributed by atoms with Crippen molar-refractivity contribution in [1.82, 2.24) is 14.9 Å². The van der Waals surface area contributed by atoms with Crippen LogP contribution in [0.15, 0.2) is 5.03 Å². The van der Waals surface area contributed by atoms with Gasteiger partial charge in [0.05, 0.1) is 6.61 Å². The fraction of sp³-hybridized carbons (Fsp3) is 0.769. The van der Waals surface area contributed by atoms with Gasteiger partial charge in [-0.2, -0.15) is 5.10 Å². The van der Waals surface area contributed by atoms with E-state index in [-0.39, 0.29) is 17.0 Å². The maximum Gasteiger partial charge on any atom is 0.260 e. The second kappa shape index (κ2) is 5.46. The highest BCUT2D eigenvalue weighted by Crippen LogP contribution is 2.28. The Balaban J connectivity index is 3.06. The van der Waals surface area contributed by atoms with Crippen molar-refractivity contribution >= 4 is 10.0 Å². The molecule has 0 radical (unpaired) electrons. The molecule has 0 aliphatic rings. The molecular formula is C13H25N3O3S. The number of rotatable bonds is 5. The Morgan fingerprint density at radius 1 is 1.25 bits per heavy atom. The number of aliphatic hydroxyl groups excluding tert-OH is 1. The predicted octanol–water partition coefficient (Wildman–Crippen LogP) is 1.70. The molecule has 116 valence electrons. The molecule has 0 bridgehead atoms. The average molecular weight is 303 g/mol. The first kappa shape index (κ1) is 17.1. The summed E-state index contributed by atoms with van der Waals surface area (Å²) in [5.74, 6) is 0. The van der Waals surface area contributed by atoms with Crippen LogP contribution in [-0.4, -0.2) is 29.3 Å². The van der Waals surface area contributed by atoms with Crippen molar-refractivity contribution in [2.75, 3.05) is 0 Å². The zero-order valence-corrected chi connectivity index (χ0v) is 13.8. The van der Waals surface area contributed by atoms with Crippen LogP contribution in [0, 0.1) is 12.3 Å². The summed E-state index contributed by atoms with van der Waals surface area (Å²) in [6.07, 6.45) is 0.678. The van der Waals surface area contributed by atoms with Crippen LogP contribution in [0.3, 0.4) is 0 Å². The van der Waals surface area contributed by atoms with E-state index in [9.17, 15) is 13.5 Å². The summed E-state index contributed by atoms with van der Waals surface area (Å²) in [5, 5.41) is 15.6. The van der Waals surface area contributed by atoms with Crippen LogP contribution in [0.4, 0.5) is 0 Å². The van der Waals surface area contributed by atoms with E-state index >= 15 is 0 Å². The van der Waals surface area contributed by atoms with Crippen LogP contribution >= 0.6 is 0 Å². The standard InChI is InChI=1S/C13H25N3O3S/c1-9-10(7-17)11(15-14-9)20(18,19)16-13(5,6)8-12(2,3)4/h16-17H,7-8H2,1-6H3,(H,14,15). The Bertz CT molecular complexity index is 568. The van der Waals surface area contributed by atoms with Gasteiger partial charge in [-0.25, -0.2) is 13.1 Å². The van der Waals surface area contributed by atoms with Crippen LogP contribution in [0.2, 0.25) is 0 Å². The molecule has 1 aromatic heterocycles. The summed E-state index contributed by atoms with van der Waals surface area (Å²) in [4.78, 5) is 0. The van der Waals surface area contributed by atoms with Crippen molar-refractivity contribution < 1.29 is 13.5 Å². The lowest BCUT2D eigenvalue weighted by Gasteiger charge is -2.32. The van der Waals surface area contributed by atoms with Gasteiger partial charge in [0, 0.05) is 16.8 Å². The number of aryl methyl sites for hydroxylation is 1. The molecule has 0 unspecified atom stereocenters. The SMILES string of the molecule is Cc1[nH]nc(S(=O)(=O)NC(C)(C)CC(C)(C)C)c1CO. The van der Waals surface area contributed by atoms with Gasteiger partial charge < -0.3 is 5.11 Å². The molecular weight excluding hydrogens is 278 g/mol. The van der Waals surface area contributed by atoms with Crippen molar-refractivity contribution in [3.8, 4) is 0 Å². The van der Waals surface area contributed by atoms with Crippen molar-refractivity contribution in [2.45, 2.75) is 65.1 Å². The third kappa shape index (κ3) is 4.29. The number of H-pyrrole nitrogens is 1. The minimum Gasteiger partial charge on any atom is -0.392 e. The van der Waals surface area contributed by atoms with Crippen LogP contribution in [0.1, 0.15) is 52.3 Å². The molecule has 0 saturated carbocycles. The normalized spacial score (nSPS) is 13.8. The molecule has 0 saturated heterocycles. The Morgan fingerprint density at radius 2 is 1.80 bits per heavy atom. The first-order valence-electron chi connectivity index (χ1n) is 6.57. The minimum absolute atomic E-state index is 0.00663. The number of aromatic amines is 1. The van der Waals surface area contributed by atoms with E-state index in [4.69, 9.17) is 0 Å². The molecule has 0 aliphatic carbocycles. The summed E-state index contributed by atoms with van der Waals surface area (Å²) in [5.41, 5.74) is 0.259. The zero-order valence-electron chi connectivity index (χ0n) is 13.0. The fourth-order valence-electron chi connectivity index (χ4n) is 2.61. The third-order valence-corrected chi connectivity index (χ3v) is 4.50. The highest BCUT2D eigenvalue weighted by molar-refractivity contribution is 7.89. The van der Waals surface area contributed by atoms with E-state index in [1.165, 1.54) is 0 Å². The van der Waals surface area contributed by atoms with Gasteiger partial charge in [-0.05, 0) is 32.6 Å². The van der Waals surface area contributed by atoms with Gasteiger partial charge in [-0.3, -0.25) is 5.10 Å². The second-order valence-corrected chi connectivity index (χ2v) is 8.61. The third-order valence-electron chi connectivity index (χ3n) is 2.83. The Hall–Kier alpha value is -0.920. The van der Waals surface area contributed by atoms with Crippen molar-refractivity contribution in [1.29, 1.82) is 0 Å². The highest BCUT2D eigenvalue weighted by atomic mass is 32.2. The lowest BCUT2D eigenvalue weighted by molar-refractivity contribution is 0.267. The molecule has 0 aromatic carbocycles. The largest absolute Gasteiger partial charge is 0.392 e. The molecule has 1 aromatic rings. The van der Waals surface area contributed by atoms with Gasteiger partial charge in [-0.15, -0.1) is 0 Å². The predicted molar refractivity (Wildman–Crippen MR) is 77.7 cm³/mol. The lowest BCUT2D eigenvalue weighted by atomic mass is 9.82. The van der Waals surface area contributed by atoms with E-state index in [1.54, 1.807) is 6.92 Å². The Labute approximate surface area is 121 Å². The van der Waals surface area contributed by atoms with E-state index in [0.717, 1.165) is 0 Å². The number of hydrogen-bond donors (Lipinski definition) is 3. The quantitative estimate of drug-likeness (QED) is 0.771. The molecule has 6 nitrogen and oxygen atoms in total. The van der Waals surface area contributed by atoms with E-state index in [0.29, 0.717) is 17.7 Å². The topological polar surface area (TPSA) is 95.1 Å². The molecule has 0 fully saturated rings. The average Bonchev–Trinajstić information content (AvgIpc) is 2.53. The lowest BCUT2D eigenvalue weighted by Crippen LogP contribution is -2.46. The van der Waals surface area contributed by atoms with Crippen molar-refractivity contribution in [3.63, 3.8) is 0 Å². The van der Waals surface area contributed by atoms with Gasteiger partial charge in [0.2, 0.25) is 0 Å². The molecule has 1 rings (SSSR count). The zero-order chi connectivity index (χ0) is 15.8. The first-order chi connectivity index (χ1) is 8.88. The fourth-order valence-corrected chi connectivity index (χ4v) is 4.22. The molecule has 0 atom stereocenters. The molecule has 0 amide bonds. The van der Waals surface area contributed by atoms with Gasteiger partial charge in [-0.1, -0.05) is 20.8 Å². The number of hydrogen-bond acceptors (Lipinski definition) is 4. The Morgan fingerprint density at radius 3 is 2.25 bits per heavy atom. The summed E-state index contributed by atoms with van der Waals surface area (Å²) in [6, 6.07) is 0. The molecule has 20 heavy (non-hydrogen) atoms. The molecule has 1 heterocycles. The van der Waals surface area contributed by atoms with E-state index in [2.05, 4.69) is 35.7 Å². The maximum absolute atomic E-state index is 12.4. The number of sulfonamides is 1. The molecule has 7 heteroatoms. The number of nitrogens with one attached hydrogen (secondary N) is 2. The van der Waals surface area contributed by atoms with E-state index in [1.807, 2.05) is 13.8 Å². The summed E-state index contributed by atoms with van der Waals surface area (Å²) >= 11 is 0. The Kier molecular flexibility index (Phi) is 4.68. The smallest absolute Gasteiger partial charge is 0.260 e. The highest BCUT2D eigenvalue weighted by Gasteiger charge is 2.33. The maximum atomic E-state index is 12.4. The second-order valence-electron chi connectivity index (χ2n) is 7.02. The van der Waals surface area contributed by atoms with Gasteiger partial charge in [0.25, 0.3) is 10.0 Å². The van der Waals surface area contributed by atoms with Crippen molar-refractivity contribution in [2.24, 2.45) is 5.41 Å². The summed E-state index contributed by atoms with van der Waals surface area (Å²) in [6.45, 7) is 11.2. The van der Waals surface area contributed by atoms with Crippen LogP contribution in [0.25, 0.3) is 0 Å². The molecule has 0 aliphatic heterocycles. The first-order valence-corrected chi connectivity index (χ1v) is 8.05. The van der Waals surface area contributed by atoms with Crippen LogP contribution in [-0.2, 0) is 16.6 Å². The van der Waals surface area contributed by atoms with Crippen molar-refractivity contribution in [3.05, 3.63) is 11.3 Å². The number of aliphatic hydroxyl groups is 1. The van der Waals surface area contributed by atoms with Gasteiger partial charge in [0.1, 0.15) is 0 Å². The van der Waals surface area contributed by atoms with Crippen LogP contribution < -0.4 is 4.72 Å². The monoisotopic (exact) mass is 303 g/mol. The van der Waals surface area contributed by atoms with Gasteiger partial charge >= 0.3 is 0 Å². The number of aromatic nitrogens is 2. The number of nitrogens with zero attached hydrogens (tertiary/aromatic N) is 1. The van der Waals surface area contributed by atoms with E-state index < -0.39 is 15.6 Å².